The molecule has 0 aliphatic carbocycles. The molecular weight excluding hydrogens is 277 g/mol. The van der Waals surface area contributed by atoms with Crippen LogP contribution in [0.25, 0.3) is 0 Å². The Morgan fingerprint density at radius 1 is 1.43 bits per heavy atom. The smallest absolute Gasteiger partial charge is 0.307 e. The highest BCUT2D eigenvalue weighted by Crippen LogP contribution is 2.36. The van der Waals surface area contributed by atoms with Crippen molar-refractivity contribution < 1.29 is 23.8 Å². The van der Waals surface area contributed by atoms with Crippen molar-refractivity contribution in [2.45, 2.75) is 32.4 Å². The van der Waals surface area contributed by atoms with Crippen LogP contribution >= 0.6 is 0 Å². The largest absolute Gasteiger partial charge is 0.493 e. The van der Waals surface area contributed by atoms with E-state index in [9.17, 15) is 9.18 Å². The third-order valence-electron chi connectivity index (χ3n) is 3.50. The highest BCUT2D eigenvalue weighted by Gasteiger charge is 2.32. The minimum Gasteiger partial charge on any atom is -0.493 e. The summed E-state index contributed by atoms with van der Waals surface area (Å²) in [5.41, 5.74) is 0.412. The van der Waals surface area contributed by atoms with Gasteiger partial charge in [-0.05, 0) is 26.3 Å². The van der Waals surface area contributed by atoms with Gasteiger partial charge in [-0.2, -0.15) is 0 Å². The molecule has 116 valence electrons. The number of carboxylic acids is 1. The normalized spacial score (nSPS) is 21.6. The molecule has 2 N–H and O–H groups in total. The molecule has 1 aliphatic rings. The second kappa shape index (κ2) is 6.30. The summed E-state index contributed by atoms with van der Waals surface area (Å²) in [6.07, 6.45) is 0.292. The molecule has 0 radical (unpaired) electrons. The molecule has 1 aromatic carbocycles. The highest BCUT2D eigenvalue weighted by molar-refractivity contribution is 5.70. The van der Waals surface area contributed by atoms with Gasteiger partial charge in [-0.25, -0.2) is 4.39 Å². The van der Waals surface area contributed by atoms with Gasteiger partial charge in [-0.15, -0.1) is 0 Å². The minimum atomic E-state index is -0.863. The van der Waals surface area contributed by atoms with Crippen LogP contribution in [-0.2, 0) is 4.79 Å². The van der Waals surface area contributed by atoms with Crippen LogP contribution in [0.2, 0.25) is 0 Å². The Bertz CT molecular complexity index is 533. The van der Waals surface area contributed by atoms with Gasteiger partial charge in [0.1, 0.15) is 5.82 Å². The van der Waals surface area contributed by atoms with Crippen molar-refractivity contribution in [2.75, 3.05) is 13.7 Å². The molecule has 1 aliphatic heterocycles. The fourth-order valence-electron chi connectivity index (χ4n) is 2.48. The standard InChI is InChI=1S/C15H20FNO4/c1-8(2)21-14-5-10(11(16)6-13(14)20-3)12-4-9(7-17-12)15(18)19/h5-6,8-9,12,17H,4,7H2,1-3H3,(H,18,19). The SMILES string of the molecule is COc1cc(F)c(C2CC(C(=O)O)CN2)cc1OC(C)C. The average molecular weight is 297 g/mol. The Morgan fingerprint density at radius 2 is 2.14 bits per heavy atom. The molecule has 1 saturated heterocycles. The maximum Gasteiger partial charge on any atom is 0.307 e. The van der Waals surface area contributed by atoms with Gasteiger partial charge in [0.05, 0.1) is 19.1 Å². The summed E-state index contributed by atoms with van der Waals surface area (Å²) >= 11 is 0. The summed E-state index contributed by atoms with van der Waals surface area (Å²) in [4.78, 5) is 11.0. The number of nitrogens with one attached hydrogen (secondary N) is 1. The number of carboxylic acid groups (broad SMARTS) is 1. The van der Waals surface area contributed by atoms with Crippen molar-refractivity contribution in [3.05, 3.63) is 23.5 Å². The van der Waals surface area contributed by atoms with E-state index in [-0.39, 0.29) is 12.1 Å². The molecule has 0 bridgehead atoms. The van der Waals surface area contributed by atoms with Crippen LogP contribution in [0.5, 0.6) is 11.5 Å². The molecule has 0 saturated carbocycles. The summed E-state index contributed by atoms with van der Waals surface area (Å²) < 4.78 is 25.0. The van der Waals surface area contributed by atoms with E-state index in [2.05, 4.69) is 5.32 Å². The van der Waals surface area contributed by atoms with Gasteiger partial charge in [-0.1, -0.05) is 0 Å². The zero-order valence-corrected chi connectivity index (χ0v) is 12.4. The molecule has 2 rings (SSSR count). The first kappa shape index (κ1) is 15.6. The summed E-state index contributed by atoms with van der Waals surface area (Å²) in [7, 11) is 1.45. The third-order valence-corrected chi connectivity index (χ3v) is 3.50. The summed E-state index contributed by atoms with van der Waals surface area (Å²) in [5.74, 6) is -0.989. The lowest BCUT2D eigenvalue weighted by atomic mass is 9.99. The number of hydrogen-bond acceptors (Lipinski definition) is 4. The van der Waals surface area contributed by atoms with Gasteiger partial charge in [0.15, 0.2) is 11.5 Å². The third kappa shape index (κ3) is 3.44. The maximum atomic E-state index is 14.2. The fourth-order valence-corrected chi connectivity index (χ4v) is 2.48. The number of carbonyl (C=O) groups is 1. The molecule has 5 nitrogen and oxygen atoms in total. The monoisotopic (exact) mass is 297 g/mol. The van der Waals surface area contributed by atoms with Crippen molar-refractivity contribution >= 4 is 5.97 Å². The Balaban J connectivity index is 2.29. The summed E-state index contributed by atoms with van der Waals surface area (Å²) in [5, 5.41) is 12.1. The topological polar surface area (TPSA) is 67.8 Å². The first-order chi connectivity index (χ1) is 9.92. The molecular formula is C15H20FNO4. The number of benzene rings is 1. The van der Waals surface area contributed by atoms with Crippen LogP contribution in [0.15, 0.2) is 12.1 Å². The van der Waals surface area contributed by atoms with Gasteiger partial charge in [0, 0.05) is 24.2 Å². The number of hydrogen-bond donors (Lipinski definition) is 2. The number of aliphatic carboxylic acids is 1. The van der Waals surface area contributed by atoms with Gasteiger partial charge in [0.25, 0.3) is 0 Å². The maximum absolute atomic E-state index is 14.2. The lowest BCUT2D eigenvalue weighted by Gasteiger charge is -2.18. The first-order valence-corrected chi connectivity index (χ1v) is 6.92. The van der Waals surface area contributed by atoms with Crippen LogP contribution in [0, 0.1) is 11.7 Å². The molecule has 0 amide bonds. The van der Waals surface area contributed by atoms with Crippen LogP contribution < -0.4 is 14.8 Å². The molecule has 1 aromatic rings. The zero-order valence-electron chi connectivity index (χ0n) is 12.4. The van der Waals surface area contributed by atoms with Crippen molar-refractivity contribution in [2.24, 2.45) is 5.92 Å². The molecule has 0 aromatic heterocycles. The molecule has 21 heavy (non-hydrogen) atoms. The van der Waals surface area contributed by atoms with E-state index >= 15 is 0 Å². The quantitative estimate of drug-likeness (QED) is 0.873. The predicted octanol–water partition coefficient (Wildman–Crippen LogP) is 2.36. The van der Waals surface area contributed by atoms with E-state index in [4.69, 9.17) is 14.6 Å². The van der Waals surface area contributed by atoms with Gasteiger partial charge >= 0.3 is 5.97 Å². The van der Waals surface area contributed by atoms with Crippen molar-refractivity contribution in [3.8, 4) is 11.5 Å². The lowest BCUT2D eigenvalue weighted by molar-refractivity contribution is -0.141. The van der Waals surface area contributed by atoms with Crippen LogP contribution in [-0.4, -0.2) is 30.8 Å². The van der Waals surface area contributed by atoms with E-state index < -0.39 is 17.7 Å². The van der Waals surface area contributed by atoms with Gasteiger partial charge in [0.2, 0.25) is 0 Å². The first-order valence-electron chi connectivity index (χ1n) is 6.92. The second-order valence-electron chi connectivity index (χ2n) is 5.42. The zero-order chi connectivity index (χ0) is 15.6. The summed E-state index contributed by atoms with van der Waals surface area (Å²) in [6, 6.07) is 2.55. The minimum absolute atomic E-state index is 0.0690. The van der Waals surface area contributed by atoms with E-state index in [1.54, 1.807) is 6.07 Å². The Kier molecular flexibility index (Phi) is 4.67. The molecule has 1 heterocycles. The fraction of sp³-hybridized carbons (Fsp3) is 0.533. The molecule has 2 atom stereocenters. The number of rotatable bonds is 5. The van der Waals surface area contributed by atoms with Crippen LogP contribution in [0.3, 0.4) is 0 Å². The van der Waals surface area contributed by atoms with E-state index in [1.807, 2.05) is 13.8 Å². The highest BCUT2D eigenvalue weighted by atomic mass is 19.1. The molecule has 2 unspecified atom stereocenters. The van der Waals surface area contributed by atoms with Crippen LogP contribution in [0.1, 0.15) is 31.9 Å². The number of ether oxygens (including phenoxy) is 2. The van der Waals surface area contributed by atoms with Gasteiger partial charge in [-0.3, -0.25) is 4.79 Å². The van der Waals surface area contributed by atoms with E-state index in [0.717, 1.165) is 0 Å². The van der Waals surface area contributed by atoms with Gasteiger partial charge < -0.3 is 19.9 Å². The number of methoxy groups -OCH3 is 1. The lowest BCUT2D eigenvalue weighted by Crippen LogP contribution is -2.18. The average Bonchev–Trinajstić information content (AvgIpc) is 2.89. The van der Waals surface area contributed by atoms with Crippen molar-refractivity contribution in [1.29, 1.82) is 0 Å². The van der Waals surface area contributed by atoms with Crippen molar-refractivity contribution in [1.82, 2.24) is 5.32 Å². The second-order valence-corrected chi connectivity index (χ2v) is 5.42. The Morgan fingerprint density at radius 3 is 2.67 bits per heavy atom. The Labute approximate surface area is 123 Å². The summed E-state index contributed by atoms with van der Waals surface area (Å²) in [6.45, 7) is 4.08. The predicted molar refractivity (Wildman–Crippen MR) is 75.2 cm³/mol. The van der Waals surface area contributed by atoms with E-state index in [0.29, 0.717) is 30.0 Å². The number of halogens is 1. The van der Waals surface area contributed by atoms with Crippen molar-refractivity contribution in [3.63, 3.8) is 0 Å². The molecule has 1 fully saturated rings. The Hall–Kier alpha value is -1.82. The molecule has 0 spiro atoms. The van der Waals surface area contributed by atoms with Crippen LogP contribution in [0.4, 0.5) is 4.39 Å². The van der Waals surface area contributed by atoms with E-state index in [1.165, 1.54) is 13.2 Å². The molecule has 6 heteroatoms.